The van der Waals surface area contributed by atoms with Crippen molar-refractivity contribution in [2.24, 2.45) is 0 Å². The summed E-state index contributed by atoms with van der Waals surface area (Å²) in [5, 5.41) is 2.05. The van der Waals surface area contributed by atoms with Crippen LogP contribution < -0.4 is 0 Å². The van der Waals surface area contributed by atoms with Crippen LogP contribution >= 0.6 is 0 Å². The number of esters is 1. The summed E-state index contributed by atoms with van der Waals surface area (Å²) >= 11 is 0. The molecule has 0 aliphatic heterocycles. The number of hydrogen-bond acceptors (Lipinski definition) is 4. The van der Waals surface area contributed by atoms with Crippen molar-refractivity contribution in [3.8, 4) is 0 Å². The molecule has 1 aliphatic rings. The minimum absolute atomic E-state index is 0.382. The van der Waals surface area contributed by atoms with Crippen molar-refractivity contribution in [3.63, 3.8) is 0 Å². The van der Waals surface area contributed by atoms with Gasteiger partial charge < -0.3 is 9.72 Å². The molecular formula is C19H21N3O2. The lowest BCUT2D eigenvalue weighted by Crippen LogP contribution is -2.11. The summed E-state index contributed by atoms with van der Waals surface area (Å²) < 4.78 is 4.91. The smallest absolute Gasteiger partial charge is 0.356 e. The number of H-pyrrole nitrogens is 1. The molecule has 0 radical (unpaired) electrons. The van der Waals surface area contributed by atoms with Gasteiger partial charge in [-0.3, -0.25) is 0 Å². The van der Waals surface area contributed by atoms with Crippen molar-refractivity contribution in [3.05, 3.63) is 35.3 Å². The van der Waals surface area contributed by atoms with Crippen LogP contribution in [0.1, 0.15) is 59.8 Å². The highest BCUT2D eigenvalue weighted by molar-refractivity contribution is 6.08. The molecule has 5 nitrogen and oxygen atoms in total. The van der Waals surface area contributed by atoms with E-state index < -0.39 is 0 Å². The van der Waals surface area contributed by atoms with Crippen LogP contribution in [0.25, 0.3) is 21.9 Å². The van der Waals surface area contributed by atoms with Gasteiger partial charge in [-0.15, -0.1) is 0 Å². The number of carbonyl (C=O) groups excluding carboxylic acids is 1. The van der Waals surface area contributed by atoms with Gasteiger partial charge in [0, 0.05) is 22.9 Å². The molecule has 0 unspecified atom stereocenters. The summed E-state index contributed by atoms with van der Waals surface area (Å²) in [6.07, 6.45) is 7.81. The third-order valence-electron chi connectivity index (χ3n) is 4.99. The Morgan fingerprint density at radius 2 is 2.00 bits per heavy atom. The number of carbonyl (C=O) groups is 1. The number of nitrogens with one attached hydrogen (secondary N) is 1. The molecule has 1 fully saturated rings. The van der Waals surface area contributed by atoms with Crippen LogP contribution in [0.3, 0.4) is 0 Å². The van der Waals surface area contributed by atoms with Crippen LogP contribution in [0.2, 0.25) is 0 Å². The summed E-state index contributed by atoms with van der Waals surface area (Å²) in [5.74, 6) is 0.00365. The van der Waals surface area contributed by atoms with Gasteiger partial charge in [-0.2, -0.15) is 0 Å². The first-order valence-corrected chi connectivity index (χ1v) is 8.54. The normalized spacial score (nSPS) is 15.9. The molecule has 4 rings (SSSR count). The zero-order chi connectivity index (χ0) is 16.7. The first-order chi connectivity index (χ1) is 11.7. The van der Waals surface area contributed by atoms with Crippen molar-refractivity contribution in [2.75, 3.05) is 7.11 Å². The summed E-state index contributed by atoms with van der Waals surface area (Å²) in [7, 11) is 1.40. The number of hydrogen-bond donors (Lipinski definition) is 1. The minimum Gasteiger partial charge on any atom is -0.464 e. The Balaban J connectivity index is 2.00. The average molecular weight is 323 g/mol. The molecule has 1 aliphatic carbocycles. The molecule has 5 heteroatoms. The second kappa shape index (κ2) is 5.89. The van der Waals surface area contributed by atoms with Crippen molar-refractivity contribution in [1.82, 2.24) is 15.0 Å². The van der Waals surface area contributed by atoms with E-state index in [1.807, 2.05) is 19.2 Å². The van der Waals surface area contributed by atoms with Gasteiger partial charge in [-0.05, 0) is 37.5 Å². The lowest BCUT2D eigenvalue weighted by atomic mass is 9.86. The zero-order valence-corrected chi connectivity index (χ0v) is 14.1. The second-order valence-electron chi connectivity index (χ2n) is 6.68. The van der Waals surface area contributed by atoms with Crippen molar-refractivity contribution in [2.45, 2.75) is 44.9 Å². The van der Waals surface area contributed by atoms with Gasteiger partial charge >= 0.3 is 5.97 Å². The number of rotatable bonds is 2. The summed E-state index contributed by atoms with van der Waals surface area (Å²) in [6.45, 7) is 2.02. The molecule has 124 valence electrons. The molecule has 0 atom stereocenters. The largest absolute Gasteiger partial charge is 0.464 e. The van der Waals surface area contributed by atoms with Crippen LogP contribution in [-0.4, -0.2) is 28.0 Å². The number of fused-ring (bicyclic) bond motifs is 3. The van der Waals surface area contributed by atoms with Gasteiger partial charge in [0.1, 0.15) is 11.3 Å². The van der Waals surface area contributed by atoms with E-state index in [1.165, 1.54) is 26.4 Å². The van der Waals surface area contributed by atoms with E-state index in [9.17, 15) is 4.79 Å². The van der Waals surface area contributed by atoms with Gasteiger partial charge in [0.15, 0.2) is 0 Å². The molecular weight excluding hydrogens is 302 g/mol. The fourth-order valence-corrected chi connectivity index (χ4v) is 3.78. The van der Waals surface area contributed by atoms with Gasteiger partial charge in [0.05, 0.1) is 18.3 Å². The summed E-state index contributed by atoms with van der Waals surface area (Å²) in [4.78, 5) is 24.7. The maximum atomic E-state index is 12.1. The molecule has 0 saturated heterocycles. The lowest BCUT2D eigenvalue weighted by molar-refractivity contribution is 0.0594. The van der Waals surface area contributed by atoms with E-state index in [1.54, 1.807) is 0 Å². The molecule has 0 aromatic carbocycles. The number of pyridine rings is 2. The SMILES string of the molecule is COC(=O)c1cc2c([nH]c3ncc(C)cc32)c(C2CCCCC2)n1. The van der Waals surface area contributed by atoms with Crippen LogP contribution in [0.5, 0.6) is 0 Å². The molecule has 3 aromatic heterocycles. The first kappa shape index (κ1) is 15.1. The number of ether oxygens (including phenoxy) is 1. The Morgan fingerprint density at radius 3 is 2.75 bits per heavy atom. The summed E-state index contributed by atoms with van der Waals surface area (Å²) in [5.41, 5.74) is 4.33. The average Bonchev–Trinajstić information content (AvgIpc) is 2.99. The molecule has 1 N–H and O–H groups in total. The molecule has 0 bridgehead atoms. The highest BCUT2D eigenvalue weighted by atomic mass is 16.5. The van der Waals surface area contributed by atoms with Gasteiger partial charge in [0.25, 0.3) is 0 Å². The van der Waals surface area contributed by atoms with E-state index in [4.69, 9.17) is 4.74 Å². The fraction of sp³-hybridized carbons (Fsp3) is 0.421. The van der Waals surface area contributed by atoms with E-state index >= 15 is 0 Å². The number of aryl methyl sites for hydroxylation is 1. The Hall–Kier alpha value is -2.43. The maximum Gasteiger partial charge on any atom is 0.356 e. The van der Waals surface area contributed by atoms with Crippen LogP contribution in [-0.2, 0) is 4.74 Å². The molecule has 1 saturated carbocycles. The van der Waals surface area contributed by atoms with Crippen LogP contribution in [0.4, 0.5) is 0 Å². The van der Waals surface area contributed by atoms with E-state index in [-0.39, 0.29) is 5.97 Å². The summed E-state index contributed by atoms with van der Waals surface area (Å²) in [6, 6.07) is 3.93. The topological polar surface area (TPSA) is 67.9 Å². The quantitative estimate of drug-likeness (QED) is 0.716. The highest BCUT2D eigenvalue weighted by Gasteiger charge is 2.24. The monoisotopic (exact) mass is 323 g/mol. The number of aromatic amines is 1. The van der Waals surface area contributed by atoms with Gasteiger partial charge in [0.2, 0.25) is 0 Å². The fourth-order valence-electron chi connectivity index (χ4n) is 3.78. The van der Waals surface area contributed by atoms with E-state index in [2.05, 4.69) is 21.0 Å². The zero-order valence-electron chi connectivity index (χ0n) is 14.1. The van der Waals surface area contributed by atoms with E-state index in [0.29, 0.717) is 11.6 Å². The Morgan fingerprint density at radius 1 is 1.21 bits per heavy atom. The van der Waals surface area contributed by atoms with Crippen molar-refractivity contribution >= 4 is 27.9 Å². The molecule has 3 heterocycles. The second-order valence-corrected chi connectivity index (χ2v) is 6.68. The first-order valence-electron chi connectivity index (χ1n) is 8.54. The predicted octanol–water partition coefficient (Wildman–Crippen LogP) is 4.25. The van der Waals surface area contributed by atoms with Crippen LogP contribution in [0.15, 0.2) is 18.3 Å². The minimum atomic E-state index is -0.385. The third kappa shape index (κ3) is 2.44. The van der Waals surface area contributed by atoms with E-state index in [0.717, 1.165) is 46.0 Å². The lowest BCUT2D eigenvalue weighted by Gasteiger charge is -2.22. The number of nitrogens with zero attached hydrogens (tertiary/aromatic N) is 2. The number of methoxy groups -OCH3 is 1. The highest BCUT2D eigenvalue weighted by Crippen LogP contribution is 2.37. The van der Waals surface area contributed by atoms with Gasteiger partial charge in [-0.1, -0.05) is 19.3 Å². The van der Waals surface area contributed by atoms with Crippen molar-refractivity contribution in [1.29, 1.82) is 0 Å². The Bertz CT molecular complexity index is 923. The molecule has 3 aromatic rings. The Labute approximate surface area is 140 Å². The molecule has 0 amide bonds. The Kier molecular flexibility index (Phi) is 3.71. The number of aromatic nitrogens is 3. The predicted molar refractivity (Wildman–Crippen MR) is 93.3 cm³/mol. The molecule has 0 spiro atoms. The standard InChI is InChI=1S/C19H21N3O2/c1-11-8-14-13-9-15(19(23)24-2)21-16(12-6-4-3-5-7-12)17(13)22-18(14)20-10-11/h8-10,12H,3-7H2,1-2H3,(H,20,22). The molecule has 24 heavy (non-hydrogen) atoms. The maximum absolute atomic E-state index is 12.1. The van der Waals surface area contributed by atoms with Crippen molar-refractivity contribution < 1.29 is 9.53 Å². The van der Waals surface area contributed by atoms with Gasteiger partial charge in [-0.25, -0.2) is 14.8 Å². The van der Waals surface area contributed by atoms with Crippen LogP contribution in [0, 0.1) is 6.92 Å². The third-order valence-corrected chi connectivity index (χ3v) is 4.99.